The summed E-state index contributed by atoms with van der Waals surface area (Å²) in [5.41, 5.74) is 2.37. The minimum atomic E-state index is -0.330. The summed E-state index contributed by atoms with van der Waals surface area (Å²) in [7, 11) is 0. The zero-order valence-corrected chi connectivity index (χ0v) is 17.8. The molecule has 0 saturated heterocycles. The zero-order valence-electron chi connectivity index (χ0n) is 14.7. The molecule has 29 heavy (non-hydrogen) atoms. The first-order chi connectivity index (χ1) is 14.1. The van der Waals surface area contributed by atoms with Crippen LogP contribution in [0.3, 0.4) is 0 Å². The zero-order chi connectivity index (χ0) is 20.2. The lowest BCUT2D eigenvalue weighted by molar-refractivity contribution is 0.102. The lowest BCUT2D eigenvalue weighted by Crippen LogP contribution is -2.11. The summed E-state index contributed by atoms with van der Waals surface area (Å²) in [6.07, 6.45) is 1.71. The number of carbonyl (C=O) groups excluding carboxylic acids is 1. The number of aromatic nitrogens is 3. The second kappa shape index (κ2) is 8.84. The standard InChI is InChI=1S/C20H12Cl2N4OS2/c21-13-8-6-12(7-9-13)18-24-15(11-28-18)10-16(22)19-25-26-20(29-19)17(27)23-14-4-2-1-3-5-14/h1-11H,(H,23,27)/b16-10-. The van der Waals surface area contributed by atoms with E-state index in [1.807, 2.05) is 47.8 Å². The van der Waals surface area contributed by atoms with E-state index in [1.54, 1.807) is 18.2 Å². The van der Waals surface area contributed by atoms with E-state index in [0.29, 0.717) is 26.4 Å². The molecule has 2 aromatic carbocycles. The minimum Gasteiger partial charge on any atom is -0.320 e. The van der Waals surface area contributed by atoms with Crippen LogP contribution in [0.15, 0.2) is 60.0 Å². The van der Waals surface area contributed by atoms with Crippen LogP contribution in [0.4, 0.5) is 5.69 Å². The first kappa shape index (κ1) is 19.7. The van der Waals surface area contributed by atoms with Crippen LogP contribution in [0.5, 0.6) is 0 Å². The Morgan fingerprint density at radius 1 is 1.00 bits per heavy atom. The number of thiazole rings is 1. The number of anilines is 1. The van der Waals surface area contributed by atoms with Gasteiger partial charge >= 0.3 is 0 Å². The molecule has 0 aliphatic rings. The third kappa shape index (κ3) is 4.89. The van der Waals surface area contributed by atoms with E-state index in [-0.39, 0.29) is 10.9 Å². The molecule has 0 fully saturated rings. The molecule has 4 rings (SSSR count). The summed E-state index contributed by atoms with van der Waals surface area (Å²) in [6.45, 7) is 0. The molecule has 9 heteroatoms. The molecule has 0 radical (unpaired) electrons. The maximum Gasteiger partial charge on any atom is 0.286 e. The van der Waals surface area contributed by atoms with Crippen molar-refractivity contribution in [2.75, 3.05) is 5.32 Å². The Labute approximate surface area is 184 Å². The van der Waals surface area contributed by atoms with Crippen LogP contribution in [-0.2, 0) is 0 Å². The van der Waals surface area contributed by atoms with Crippen LogP contribution in [0.2, 0.25) is 5.02 Å². The van der Waals surface area contributed by atoms with Crippen molar-refractivity contribution in [3.05, 3.63) is 80.7 Å². The Bertz CT molecular complexity index is 1170. The summed E-state index contributed by atoms with van der Waals surface area (Å²) in [5.74, 6) is -0.330. The van der Waals surface area contributed by atoms with Gasteiger partial charge in [-0.15, -0.1) is 21.5 Å². The Balaban J connectivity index is 1.48. The molecule has 5 nitrogen and oxygen atoms in total. The van der Waals surface area contributed by atoms with Crippen LogP contribution >= 0.6 is 45.9 Å². The van der Waals surface area contributed by atoms with Crippen molar-refractivity contribution in [2.45, 2.75) is 0 Å². The molecule has 0 aliphatic carbocycles. The van der Waals surface area contributed by atoms with Crippen molar-refractivity contribution in [3.63, 3.8) is 0 Å². The smallest absolute Gasteiger partial charge is 0.286 e. The number of carbonyl (C=O) groups is 1. The first-order valence-corrected chi connectivity index (χ1v) is 10.8. The third-order valence-corrected chi connectivity index (χ3v) is 6.26. The Morgan fingerprint density at radius 2 is 1.72 bits per heavy atom. The quantitative estimate of drug-likeness (QED) is 0.380. The minimum absolute atomic E-state index is 0.232. The number of hydrogen-bond acceptors (Lipinski definition) is 6. The van der Waals surface area contributed by atoms with Gasteiger partial charge in [0.15, 0.2) is 5.01 Å². The number of hydrogen-bond donors (Lipinski definition) is 1. The Hall–Kier alpha value is -2.58. The highest BCUT2D eigenvalue weighted by Gasteiger charge is 2.15. The summed E-state index contributed by atoms with van der Waals surface area (Å²) in [6, 6.07) is 16.6. The van der Waals surface area contributed by atoms with Crippen molar-refractivity contribution < 1.29 is 4.79 Å². The van der Waals surface area contributed by atoms with Gasteiger partial charge in [0.05, 0.1) is 10.7 Å². The van der Waals surface area contributed by atoms with Crippen molar-refractivity contribution in [2.24, 2.45) is 0 Å². The van der Waals surface area contributed by atoms with Gasteiger partial charge in [-0.25, -0.2) is 4.98 Å². The molecular formula is C20H12Cl2N4OS2. The van der Waals surface area contributed by atoms with E-state index in [0.717, 1.165) is 21.9 Å². The monoisotopic (exact) mass is 458 g/mol. The highest BCUT2D eigenvalue weighted by atomic mass is 35.5. The topological polar surface area (TPSA) is 67.8 Å². The summed E-state index contributed by atoms with van der Waals surface area (Å²) >= 11 is 14.9. The van der Waals surface area contributed by atoms with E-state index >= 15 is 0 Å². The van der Waals surface area contributed by atoms with Gasteiger partial charge in [0.25, 0.3) is 5.91 Å². The van der Waals surface area contributed by atoms with Crippen LogP contribution in [-0.4, -0.2) is 21.1 Å². The fourth-order valence-corrected chi connectivity index (χ4v) is 4.21. The van der Waals surface area contributed by atoms with Gasteiger partial charge in [-0.2, -0.15) is 0 Å². The van der Waals surface area contributed by atoms with Crippen LogP contribution in [0.1, 0.15) is 20.5 Å². The molecule has 0 bridgehead atoms. The SMILES string of the molecule is O=C(Nc1ccccc1)c1nnc(/C(Cl)=C/c2csc(-c3ccc(Cl)cc3)n2)s1. The second-order valence-electron chi connectivity index (χ2n) is 5.81. The number of para-hydroxylation sites is 1. The van der Waals surface area contributed by atoms with E-state index in [2.05, 4.69) is 20.5 Å². The molecule has 2 aromatic heterocycles. The summed E-state index contributed by atoms with van der Waals surface area (Å²) in [5, 5.41) is 15.2. The van der Waals surface area contributed by atoms with Gasteiger partial charge in [0.1, 0.15) is 5.01 Å². The third-order valence-electron chi connectivity index (χ3n) is 3.74. The molecule has 0 atom stereocenters. The number of halogens is 2. The van der Waals surface area contributed by atoms with Gasteiger partial charge < -0.3 is 5.32 Å². The van der Waals surface area contributed by atoms with Crippen LogP contribution in [0.25, 0.3) is 21.7 Å². The van der Waals surface area contributed by atoms with E-state index in [4.69, 9.17) is 23.2 Å². The fourth-order valence-electron chi connectivity index (χ4n) is 2.39. The van der Waals surface area contributed by atoms with Gasteiger partial charge in [0.2, 0.25) is 5.01 Å². The lowest BCUT2D eigenvalue weighted by Gasteiger charge is -2.00. The number of benzene rings is 2. The molecular weight excluding hydrogens is 447 g/mol. The predicted molar refractivity (Wildman–Crippen MR) is 121 cm³/mol. The van der Waals surface area contributed by atoms with Crippen LogP contribution in [0, 0.1) is 0 Å². The van der Waals surface area contributed by atoms with Crippen molar-refractivity contribution in [1.82, 2.24) is 15.2 Å². The summed E-state index contributed by atoms with van der Waals surface area (Å²) in [4.78, 5) is 16.9. The van der Waals surface area contributed by atoms with E-state index in [9.17, 15) is 4.79 Å². The van der Waals surface area contributed by atoms with Gasteiger partial charge in [-0.1, -0.05) is 64.9 Å². The van der Waals surface area contributed by atoms with Gasteiger partial charge in [-0.05, 0) is 30.3 Å². The first-order valence-electron chi connectivity index (χ1n) is 8.37. The normalized spacial score (nSPS) is 11.4. The van der Waals surface area contributed by atoms with Crippen molar-refractivity contribution in [3.8, 4) is 10.6 Å². The number of nitrogens with zero attached hydrogens (tertiary/aromatic N) is 3. The van der Waals surface area contributed by atoms with E-state index in [1.165, 1.54) is 11.3 Å². The number of rotatable bonds is 5. The van der Waals surface area contributed by atoms with E-state index < -0.39 is 0 Å². The van der Waals surface area contributed by atoms with Gasteiger partial charge in [0, 0.05) is 21.7 Å². The van der Waals surface area contributed by atoms with Crippen LogP contribution < -0.4 is 5.32 Å². The average Bonchev–Trinajstić information content (AvgIpc) is 3.39. The largest absolute Gasteiger partial charge is 0.320 e. The molecule has 0 saturated carbocycles. The molecule has 144 valence electrons. The molecule has 0 spiro atoms. The second-order valence-corrected chi connectivity index (χ2v) is 8.49. The van der Waals surface area contributed by atoms with Gasteiger partial charge in [-0.3, -0.25) is 4.79 Å². The predicted octanol–water partition coefficient (Wildman–Crippen LogP) is 6.30. The molecule has 0 unspecified atom stereocenters. The molecule has 1 N–H and O–H groups in total. The molecule has 2 heterocycles. The lowest BCUT2D eigenvalue weighted by atomic mass is 10.2. The highest BCUT2D eigenvalue weighted by Crippen LogP contribution is 2.29. The maximum absolute atomic E-state index is 12.3. The Morgan fingerprint density at radius 3 is 2.48 bits per heavy atom. The molecule has 4 aromatic rings. The molecule has 1 amide bonds. The van der Waals surface area contributed by atoms with Crippen molar-refractivity contribution in [1.29, 1.82) is 0 Å². The maximum atomic E-state index is 12.3. The van der Waals surface area contributed by atoms with Crippen molar-refractivity contribution >= 4 is 68.6 Å². The number of nitrogens with one attached hydrogen (secondary N) is 1. The fraction of sp³-hybridized carbons (Fsp3) is 0. The highest BCUT2D eigenvalue weighted by molar-refractivity contribution is 7.15. The average molecular weight is 459 g/mol. The summed E-state index contributed by atoms with van der Waals surface area (Å²) < 4.78 is 0. The molecule has 0 aliphatic heterocycles. The Kier molecular flexibility index (Phi) is 6.01. The number of amides is 1.